The maximum absolute atomic E-state index is 13.1. The second-order valence-corrected chi connectivity index (χ2v) is 11.3. The van der Waals surface area contributed by atoms with E-state index < -0.39 is 21.8 Å². The van der Waals surface area contributed by atoms with Gasteiger partial charge in [-0.3, -0.25) is 0 Å². The molecule has 0 radical (unpaired) electrons. The van der Waals surface area contributed by atoms with Crippen LogP contribution in [0.4, 0.5) is 13.2 Å². The third-order valence-electron chi connectivity index (χ3n) is 6.97. The summed E-state index contributed by atoms with van der Waals surface area (Å²) in [5.74, 6) is 0. The molecule has 6 nitrogen and oxygen atoms in total. The summed E-state index contributed by atoms with van der Waals surface area (Å²) < 4.78 is 72.2. The molecule has 0 aromatic heterocycles. The molecule has 0 spiro atoms. The maximum Gasteiger partial charge on any atom is 0.416 e. The van der Waals surface area contributed by atoms with E-state index in [-0.39, 0.29) is 23.6 Å². The molecule has 1 aromatic carbocycles. The molecule has 1 saturated carbocycles. The van der Waals surface area contributed by atoms with Gasteiger partial charge in [0.15, 0.2) is 0 Å². The van der Waals surface area contributed by atoms with Gasteiger partial charge in [0, 0.05) is 45.4 Å². The van der Waals surface area contributed by atoms with Crippen molar-refractivity contribution in [2.75, 3.05) is 52.9 Å². The van der Waals surface area contributed by atoms with Crippen LogP contribution in [0.3, 0.4) is 0 Å². The normalized spacial score (nSPS) is 23.5. The molecule has 2 fully saturated rings. The van der Waals surface area contributed by atoms with Gasteiger partial charge < -0.3 is 14.5 Å². The van der Waals surface area contributed by atoms with Crippen LogP contribution in [0.1, 0.15) is 51.0 Å². The molecular weight excluding hydrogens is 467 g/mol. The molecule has 2 aliphatic rings. The zero-order valence-electron chi connectivity index (χ0n) is 20.3. The smallest absolute Gasteiger partial charge is 0.378 e. The molecule has 1 aromatic rings. The summed E-state index contributed by atoms with van der Waals surface area (Å²) in [6.07, 6.45) is 0.774. The molecule has 34 heavy (non-hydrogen) atoms. The predicted molar refractivity (Wildman–Crippen MR) is 126 cm³/mol. The van der Waals surface area contributed by atoms with Crippen molar-refractivity contribution in [1.29, 1.82) is 0 Å². The van der Waals surface area contributed by atoms with Crippen LogP contribution in [-0.2, 0) is 20.9 Å². The van der Waals surface area contributed by atoms with Gasteiger partial charge in [-0.1, -0.05) is 6.92 Å². The number of likely N-dealkylation sites (N-methyl/N-ethyl adjacent to an activating group) is 1. The molecule has 0 N–H and O–H groups in total. The SMILES string of the molecule is CCN([C@H]1CC[C@H](OCCCCN2CCN(C)CC2)CC1)S(=O)(=O)c1ccc(C(F)(F)F)cc1. The van der Waals surface area contributed by atoms with E-state index in [0.717, 1.165) is 89.3 Å². The van der Waals surface area contributed by atoms with E-state index in [4.69, 9.17) is 4.74 Å². The second-order valence-electron chi connectivity index (χ2n) is 9.38. The van der Waals surface area contributed by atoms with Crippen molar-refractivity contribution in [2.24, 2.45) is 0 Å². The van der Waals surface area contributed by atoms with Crippen LogP contribution in [0.5, 0.6) is 0 Å². The standard InChI is InChI=1S/C24H38F3N3O3S/c1-3-30(34(31,32)23-12-6-20(7-13-23)24(25,26)27)21-8-10-22(11-9-21)33-19-5-4-14-29-17-15-28(2)16-18-29/h6-7,12-13,21-22H,3-5,8-11,14-19H2,1-2H3/t21-,22-. The van der Waals surface area contributed by atoms with Crippen molar-refractivity contribution in [3.8, 4) is 0 Å². The summed E-state index contributed by atoms with van der Waals surface area (Å²) in [5, 5.41) is 0. The molecule has 1 aliphatic heterocycles. The van der Waals surface area contributed by atoms with Crippen molar-refractivity contribution < 1.29 is 26.3 Å². The first-order valence-electron chi connectivity index (χ1n) is 12.3. The number of sulfonamides is 1. The van der Waals surface area contributed by atoms with Gasteiger partial charge in [0.25, 0.3) is 0 Å². The number of hydrogen-bond acceptors (Lipinski definition) is 5. The van der Waals surface area contributed by atoms with Crippen molar-refractivity contribution in [3.63, 3.8) is 0 Å². The highest BCUT2D eigenvalue weighted by molar-refractivity contribution is 7.89. The van der Waals surface area contributed by atoms with E-state index in [9.17, 15) is 21.6 Å². The third kappa shape index (κ3) is 7.40. The zero-order valence-corrected chi connectivity index (χ0v) is 21.1. The topological polar surface area (TPSA) is 53.1 Å². The molecule has 0 atom stereocenters. The highest BCUT2D eigenvalue weighted by atomic mass is 32.2. The molecule has 1 heterocycles. The molecule has 10 heteroatoms. The number of benzene rings is 1. The van der Waals surface area contributed by atoms with Crippen molar-refractivity contribution in [2.45, 2.75) is 68.7 Å². The lowest BCUT2D eigenvalue weighted by atomic mass is 9.93. The molecule has 1 saturated heterocycles. The summed E-state index contributed by atoms with van der Waals surface area (Å²) in [6, 6.07) is 3.61. The predicted octanol–water partition coefficient (Wildman–Crippen LogP) is 4.07. The van der Waals surface area contributed by atoms with Crippen LogP contribution >= 0.6 is 0 Å². The summed E-state index contributed by atoms with van der Waals surface area (Å²) in [4.78, 5) is 4.76. The lowest BCUT2D eigenvalue weighted by molar-refractivity contribution is -0.137. The van der Waals surface area contributed by atoms with Crippen molar-refractivity contribution >= 4 is 10.0 Å². The van der Waals surface area contributed by atoms with E-state index in [2.05, 4.69) is 16.8 Å². The Balaban J connectivity index is 1.42. The Kier molecular flexibility index (Phi) is 9.80. The molecule has 0 amide bonds. The Bertz CT molecular complexity index is 848. The fourth-order valence-electron chi connectivity index (χ4n) is 4.83. The average molecular weight is 506 g/mol. The van der Waals surface area contributed by atoms with Gasteiger partial charge >= 0.3 is 6.18 Å². The van der Waals surface area contributed by atoms with Crippen LogP contribution in [-0.4, -0.2) is 87.6 Å². The lowest BCUT2D eigenvalue weighted by Crippen LogP contribution is -2.44. The monoisotopic (exact) mass is 505 g/mol. The summed E-state index contributed by atoms with van der Waals surface area (Å²) in [7, 11) is -1.69. The van der Waals surface area contributed by atoms with Crippen LogP contribution < -0.4 is 0 Å². The van der Waals surface area contributed by atoms with E-state index >= 15 is 0 Å². The molecular formula is C24H38F3N3O3S. The number of unbranched alkanes of at least 4 members (excludes halogenated alkanes) is 1. The summed E-state index contributed by atoms with van der Waals surface area (Å²) in [5.41, 5.74) is -0.851. The van der Waals surface area contributed by atoms with Gasteiger partial charge in [-0.25, -0.2) is 8.42 Å². The Hall–Kier alpha value is -1.20. The van der Waals surface area contributed by atoms with Crippen LogP contribution in [0.25, 0.3) is 0 Å². The molecule has 0 unspecified atom stereocenters. The quantitative estimate of drug-likeness (QED) is 0.449. The van der Waals surface area contributed by atoms with Crippen LogP contribution in [0.2, 0.25) is 0 Å². The highest BCUT2D eigenvalue weighted by Gasteiger charge is 2.35. The Morgan fingerprint density at radius 1 is 1.00 bits per heavy atom. The number of halogens is 3. The van der Waals surface area contributed by atoms with Gasteiger partial charge in [0.2, 0.25) is 10.0 Å². The molecule has 3 rings (SSSR count). The van der Waals surface area contributed by atoms with Gasteiger partial charge in [0.1, 0.15) is 0 Å². The minimum absolute atomic E-state index is 0.0962. The largest absolute Gasteiger partial charge is 0.416 e. The van der Waals surface area contributed by atoms with Gasteiger partial charge in [-0.05, 0) is 76.4 Å². The van der Waals surface area contributed by atoms with E-state index in [1.54, 1.807) is 6.92 Å². The van der Waals surface area contributed by atoms with E-state index in [1.165, 1.54) is 4.31 Å². The second kappa shape index (κ2) is 12.2. The van der Waals surface area contributed by atoms with Crippen molar-refractivity contribution in [3.05, 3.63) is 29.8 Å². The van der Waals surface area contributed by atoms with Crippen LogP contribution in [0, 0.1) is 0 Å². The summed E-state index contributed by atoms with van der Waals surface area (Å²) >= 11 is 0. The molecule has 0 bridgehead atoms. The minimum atomic E-state index is -4.49. The number of piperazine rings is 1. The van der Waals surface area contributed by atoms with E-state index in [1.807, 2.05) is 0 Å². The Morgan fingerprint density at radius 3 is 2.18 bits per heavy atom. The number of nitrogens with zero attached hydrogens (tertiary/aromatic N) is 3. The first-order chi connectivity index (χ1) is 16.1. The number of alkyl halides is 3. The Labute approximate surface area is 202 Å². The number of hydrogen-bond donors (Lipinski definition) is 0. The van der Waals surface area contributed by atoms with Crippen LogP contribution in [0.15, 0.2) is 29.2 Å². The first-order valence-corrected chi connectivity index (χ1v) is 13.8. The number of rotatable bonds is 10. The van der Waals surface area contributed by atoms with E-state index in [0.29, 0.717) is 12.8 Å². The lowest BCUT2D eigenvalue weighted by Gasteiger charge is -2.35. The first kappa shape index (κ1) is 27.4. The fourth-order valence-corrected chi connectivity index (χ4v) is 6.53. The third-order valence-corrected chi connectivity index (χ3v) is 9.01. The minimum Gasteiger partial charge on any atom is -0.378 e. The van der Waals surface area contributed by atoms with Gasteiger partial charge in [0.05, 0.1) is 16.6 Å². The van der Waals surface area contributed by atoms with Gasteiger partial charge in [-0.15, -0.1) is 0 Å². The molecule has 1 aliphatic carbocycles. The van der Waals surface area contributed by atoms with Crippen molar-refractivity contribution in [1.82, 2.24) is 14.1 Å². The average Bonchev–Trinajstić information content (AvgIpc) is 2.81. The number of ether oxygens (including phenoxy) is 1. The summed E-state index contributed by atoms with van der Waals surface area (Å²) in [6.45, 7) is 8.40. The Morgan fingerprint density at radius 2 is 1.62 bits per heavy atom. The van der Waals surface area contributed by atoms with Gasteiger partial charge in [-0.2, -0.15) is 17.5 Å². The highest BCUT2D eigenvalue weighted by Crippen LogP contribution is 2.32. The zero-order chi connectivity index (χ0) is 24.8. The maximum atomic E-state index is 13.1. The molecule has 194 valence electrons. The fraction of sp³-hybridized carbons (Fsp3) is 0.750.